The summed E-state index contributed by atoms with van der Waals surface area (Å²) in [5, 5.41) is 7.68. The maximum Gasteiger partial charge on any atom is 0.228 e. The molecule has 1 saturated carbocycles. The number of oxazole rings is 1. The lowest BCUT2D eigenvalue weighted by Gasteiger charge is -2.09. The van der Waals surface area contributed by atoms with Crippen LogP contribution >= 0.6 is 0 Å². The molecule has 0 spiro atoms. The van der Waals surface area contributed by atoms with E-state index in [4.69, 9.17) is 4.42 Å². The highest BCUT2D eigenvalue weighted by Crippen LogP contribution is 2.31. The molecule has 0 bridgehead atoms. The number of amides is 1. The van der Waals surface area contributed by atoms with Crippen molar-refractivity contribution in [2.45, 2.75) is 12.8 Å². The van der Waals surface area contributed by atoms with Gasteiger partial charge in [0.05, 0.1) is 5.56 Å². The van der Waals surface area contributed by atoms with Gasteiger partial charge in [-0.15, -0.1) is 0 Å². The van der Waals surface area contributed by atoms with Crippen LogP contribution in [0.4, 0.5) is 11.6 Å². The van der Waals surface area contributed by atoms with Crippen molar-refractivity contribution in [1.29, 1.82) is 0 Å². The van der Waals surface area contributed by atoms with Crippen LogP contribution in [0.3, 0.4) is 0 Å². The minimum Gasteiger partial charge on any atom is -0.443 e. The highest BCUT2D eigenvalue weighted by molar-refractivity contribution is 5.99. The zero-order valence-electron chi connectivity index (χ0n) is 15.7. The summed E-state index contributed by atoms with van der Waals surface area (Å²) >= 11 is 0. The second kappa shape index (κ2) is 6.91. The largest absolute Gasteiger partial charge is 0.443 e. The number of hydrogen-bond acceptors (Lipinski definition) is 6. The highest BCUT2D eigenvalue weighted by Gasteiger charge is 2.29. The molecule has 0 radical (unpaired) electrons. The Kier molecular flexibility index (Phi) is 4.10. The summed E-state index contributed by atoms with van der Waals surface area (Å²) in [4.78, 5) is 25.1. The molecular weight excluding hydrogens is 366 g/mol. The SMILES string of the molecule is CNc1ncc(C#Cc2ccc3ocnc3c2)c2cc(NC(=O)C3CC3)ncc12. The minimum atomic E-state index is 0.0216. The number of anilines is 2. The van der Waals surface area contributed by atoms with E-state index in [0.717, 1.165) is 45.8 Å². The van der Waals surface area contributed by atoms with Crippen molar-refractivity contribution in [3.8, 4) is 11.8 Å². The van der Waals surface area contributed by atoms with Gasteiger partial charge >= 0.3 is 0 Å². The van der Waals surface area contributed by atoms with E-state index in [2.05, 4.69) is 37.4 Å². The molecule has 0 unspecified atom stereocenters. The average molecular weight is 383 g/mol. The van der Waals surface area contributed by atoms with Crippen molar-refractivity contribution in [3.63, 3.8) is 0 Å². The Morgan fingerprint density at radius 3 is 2.83 bits per heavy atom. The third-order valence-electron chi connectivity index (χ3n) is 4.88. The van der Waals surface area contributed by atoms with Crippen LogP contribution in [0.1, 0.15) is 24.0 Å². The molecule has 1 aromatic carbocycles. The number of rotatable bonds is 3. The molecule has 29 heavy (non-hydrogen) atoms. The Balaban J connectivity index is 1.55. The Morgan fingerprint density at radius 2 is 2.00 bits per heavy atom. The fraction of sp³-hybridized carbons (Fsp3) is 0.182. The topological polar surface area (TPSA) is 92.9 Å². The van der Waals surface area contributed by atoms with Crippen molar-refractivity contribution >= 4 is 39.4 Å². The van der Waals surface area contributed by atoms with Crippen LogP contribution in [0.25, 0.3) is 21.9 Å². The van der Waals surface area contributed by atoms with E-state index in [1.807, 2.05) is 31.3 Å². The van der Waals surface area contributed by atoms with Crippen LogP contribution < -0.4 is 10.6 Å². The van der Waals surface area contributed by atoms with Gasteiger partial charge in [-0.3, -0.25) is 4.79 Å². The van der Waals surface area contributed by atoms with Gasteiger partial charge in [0.15, 0.2) is 12.0 Å². The van der Waals surface area contributed by atoms with Gasteiger partial charge in [-0.05, 0) is 37.1 Å². The van der Waals surface area contributed by atoms with Crippen molar-refractivity contribution < 1.29 is 9.21 Å². The molecule has 142 valence electrons. The Labute approximate surface area is 166 Å². The standard InChI is InChI=1S/C22H17N5O2/c1-23-21-17-11-24-20(27-22(28)14-5-6-14)9-16(17)15(10-25-21)4-2-13-3-7-19-18(8-13)26-12-29-19/h3,7-12,14H,5-6H2,1H3,(H,23,25)(H,24,27,28). The summed E-state index contributed by atoms with van der Waals surface area (Å²) in [7, 11) is 1.81. The molecule has 0 atom stereocenters. The predicted molar refractivity (Wildman–Crippen MR) is 110 cm³/mol. The zero-order valence-corrected chi connectivity index (χ0v) is 15.7. The number of fused-ring (bicyclic) bond motifs is 2. The van der Waals surface area contributed by atoms with Gasteiger partial charge in [0.1, 0.15) is 17.2 Å². The van der Waals surface area contributed by atoms with E-state index in [1.165, 1.54) is 6.39 Å². The Hall–Kier alpha value is -3.92. The number of benzene rings is 1. The monoisotopic (exact) mass is 383 g/mol. The normalized spacial score (nSPS) is 13.1. The first-order valence-corrected chi connectivity index (χ1v) is 9.34. The quantitative estimate of drug-likeness (QED) is 0.526. The van der Waals surface area contributed by atoms with Crippen LogP contribution in [0, 0.1) is 17.8 Å². The number of pyridine rings is 2. The molecule has 7 nitrogen and oxygen atoms in total. The molecule has 4 aromatic rings. The van der Waals surface area contributed by atoms with E-state index < -0.39 is 0 Å². The first-order valence-electron chi connectivity index (χ1n) is 9.34. The molecule has 2 N–H and O–H groups in total. The molecule has 0 saturated heterocycles. The smallest absolute Gasteiger partial charge is 0.228 e. The lowest BCUT2D eigenvalue weighted by atomic mass is 10.1. The van der Waals surface area contributed by atoms with Crippen LogP contribution in [0.15, 0.2) is 47.5 Å². The minimum absolute atomic E-state index is 0.0216. The summed E-state index contributed by atoms with van der Waals surface area (Å²) in [6.07, 6.45) is 6.74. The third-order valence-corrected chi connectivity index (χ3v) is 4.88. The van der Waals surface area contributed by atoms with Gasteiger partial charge in [-0.1, -0.05) is 11.8 Å². The van der Waals surface area contributed by atoms with Gasteiger partial charge in [-0.25, -0.2) is 15.0 Å². The zero-order chi connectivity index (χ0) is 19.8. The lowest BCUT2D eigenvalue weighted by Crippen LogP contribution is -2.14. The lowest BCUT2D eigenvalue weighted by molar-refractivity contribution is -0.117. The number of nitrogens with zero attached hydrogens (tertiary/aromatic N) is 3. The molecule has 1 aliphatic carbocycles. The van der Waals surface area contributed by atoms with E-state index in [-0.39, 0.29) is 11.8 Å². The summed E-state index contributed by atoms with van der Waals surface area (Å²) in [5.41, 5.74) is 3.07. The summed E-state index contributed by atoms with van der Waals surface area (Å²) in [6.45, 7) is 0. The van der Waals surface area contributed by atoms with Gasteiger partial charge in [0.25, 0.3) is 0 Å². The maximum atomic E-state index is 12.1. The molecule has 5 rings (SSSR count). The van der Waals surface area contributed by atoms with Crippen LogP contribution in [-0.2, 0) is 4.79 Å². The van der Waals surface area contributed by atoms with Crippen molar-refractivity contribution in [2.75, 3.05) is 17.7 Å². The molecule has 3 heterocycles. The van der Waals surface area contributed by atoms with E-state index in [0.29, 0.717) is 11.6 Å². The maximum absolute atomic E-state index is 12.1. The molecule has 0 aliphatic heterocycles. The number of hydrogen-bond donors (Lipinski definition) is 2. The van der Waals surface area contributed by atoms with Gasteiger partial charge in [0, 0.05) is 41.7 Å². The molecule has 1 fully saturated rings. The fourth-order valence-corrected chi connectivity index (χ4v) is 3.15. The number of carbonyl (C=O) groups is 1. The summed E-state index contributed by atoms with van der Waals surface area (Å²) in [5.74, 6) is 7.72. The number of carbonyl (C=O) groups excluding carboxylic acids is 1. The highest BCUT2D eigenvalue weighted by atomic mass is 16.3. The second-order valence-corrected chi connectivity index (χ2v) is 6.93. The molecule has 1 amide bonds. The van der Waals surface area contributed by atoms with Gasteiger partial charge in [-0.2, -0.15) is 0 Å². The number of nitrogens with one attached hydrogen (secondary N) is 2. The Bertz CT molecular complexity index is 1310. The molecule has 7 heteroatoms. The predicted octanol–water partition coefficient (Wildman–Crippen LogP) is 3.56. The molecular formula is C22H17N5O2. The van der Waals surface area contributed by atoms with E-state index >= 15 is 0 Å². The van der Waals surface area contributed by atoms with Crippen molar-refractivity contribution in [2.24, 2.45) is 5.92 Å². The van der Waals surface area contributed by atoms with Crippen LogP contribution in [0.2, 0.25) is 0 Å². The number of aromatic nitrogens is 3. The van der Waals surface area contributed by atoms with Gasteiger partial charge in [0.2, 0.25) is 5.91 Å². The summed E-state index contributed by atoms with van der Waals surface area (Å²) < 4.78 is 5.27. The Morgan fingerprint density at radius 1 is 1.10 bits per heavy atom. The first kappa shape index (κ1) is 17.2. The van der Waals surface area contributed by atoms with Crippen LogP contribution in [0.5, 0.6) is 0 Å². The van der Waals surface area contributed by atoms with Crippen molar-refractivity contribution in [1.82, 2.24) is 15.0 Å². The van der Waals surface area contributed by atoms with Crippen LogP contribution in [-0.4, -0.2) is 27.9 Å². The van der Waals surface area contributed by atoms with Gasteiger partial charge < -0.3 is 15.1 Å². The second-order valence-electron chi connectivity index (χ2n) is 6.93. The van der Waals surface area contributed by atoms with E-state index in [9.17, 15) is 4.79 Å². The third kappa shape index (κ3) is 3.36. The fourth-order valence-electron chi connectivity index (χ4n) is 3.15. The van der Waals surface area contributed by atoms with E-state index in [1.54, 1.807) is 12.4 Å². The average Bonchev–Trinajstić information content (AvgIpc) is 3.50. The van der Waals surface area contributed by atoms with Crippen molar-refractivity contribution in [3.05, 3.63) is 54.2 Å². The molecule has 1 aliphatic rings. The molecule has 3 aromatic heterocycles. The first-order chi connectivity index (χ1) is 14.2. The summed E-state index contributed by atoms with van der Waals surface area (Å²) in [6, 6.07) is 7.47.